The highest BCUT2D eigenvalue weighted by atomic mass is 79.9. The molecule has 2 aromatic heterocycles. The first-order valence-corrected chi connectivity index (χ1v) is 4.97. The smallest absolute Gasteiger partial charge is 0.182 e. The van der Waals surface area contributed by atoms with Crippen LogP contribution in [-0.2, 0) is 0 Å². The largest absolute Gasteiger partial charge is 0.375 e. The predicted molar refractivity (Wildman–Crippen MR) is 54.3 cm³/mol. The van der Waals surface area contributed by atoms with Crippen molar-refractivity contribution < 1.29 is 0 Å². The fraction of sp³-hybridized carbons (Fsp3) is 0.143. The van der Waals surface area contributed by atoms with Crippen molar-refractivity contribution >= 4 is 42.7 Å². The molecule has 0 aliphatic heterocycles. The minimum atomic E-state index is 0.565. The highest BCUT2D eigenvalue weighted by Crippen LogP contribution is 2.25. The Balaban J connectivity index is 2.83. The third kappa shape index (κ3) is 1.19. The molecule has 0 radical (unpaired) electrons. The molecule has 0 spiro atoms. The van der Waals surface area contributed by atoms with Crippen molar-refractivity contribution in [3.8, 4) is 0 Å². The number of anilines is 1. The van der Waals surface area contributed by atoms with Gasteiger partial charge in [-0.15, -0.1) is 0 Å². The van der Waals surface area contributed by atoms with E-state index in [0.717, 1.165) is 20.5 Å². The molecule has 2 aromatic rings. The number of pyridine rings is 1. The first-order chi connectivity index (χ1) is 5.66. The quantitative estimate of drug-likeness (QED) is 0.723. The van der Waals surface area contributed by atoms with E-state index in [1.165, 1.54) is 11.3 Å². The summed E-state index contributed by atoms with van der Waals surface area (Å²) in [5.74, 6) is 0. The second-order valence-corrected chi connectivity index (χ2v) is 4.23. The van der Waals surface area contributed by atoms with Gasteiger partial charge < -0.3 is 5.73 Å². The molecule has 0 saturated heterocycles. The molecule has 2 N–H and O–H groups in total. The predicted octanol–water partition coefficient (Wildman–Crippen LogP) is 2.34. The van der Waals surface area contributed by atoms with Gasteiger partial charge in [-0.3, -0.25) is 0 Å². The van der Waals surface area contributed by atoms with Crippen LogP contribution in [0, 0.1) is 6.92 Å². The lowest BCUT2D eigenvalue weighted by atomic mass is 10.3. The number of nitrogen functional groups attached to an aromatic ring is 1. The van der Waals surface area contributed by atoms with E-state index in [0.29, 0.717) is 5.13 Å². The molecule has 0 saturated carbocycles. The zero-order valence-electron chi connectivity index (χ0n) is 6.34. The van der Waals surface area contributed by atoms with Gasteiger partial charge in [-0.1, -0.05) is 11.3 Å². The first kappa shape index (κ1) is 7.94. The Morgan fingerprint density at radius 3 is 3.00 bits per heavy atom. The number of thiazole rings is 1. The minimum Gasteiger partial charge on any atom is -0.375 e. The Labute approximate surface area is 81.8 Å². The summed E-state index contributed by atoms with van der Waals surface area (Å²) in [6, 6.07) is 1.97. The van der Waals surface area contributed by atoms with Gasteiger partial charge in [0.15, 0.2) is 5.13 Å². The standard InChI is InChI=1S/C7H6BrN3S/c1-3-2-4-6(11-5(3)8)12-7(9)10-4/h2H,1H3,(H2,9,10). The van der Waals surface area contributed by atoms with Gasteiger partial charge in [0.25, 0.3) is 0 Å². The maximum Gasteiger partial charge on any atom is 0.182 e. The van der Waals surface area contributed by atoms with E-state index < -0.39 is 0 Å². The zero-order chi connectivity index (χ0) is 8.72. The molecule has 0 bridgehead atoms. The number of fused-ring (bicyclic) bond motifs is 1. The fourth-order valence-electron chi connectivity index (χ4n) is 0.957. The van der Waals surface area contributed by atoms with E-state index in [-0.39, 0.29) is 0 Å². The van der Waals surface area contributed by atoms with Gasteiger partial charge in [0, 0.05) is 0 Å². The normalized spacial score (nSPS) is 10.8. The van der Waals surface area contributed by atoms with Gasteiger partial charge in [-0.2, -0.15) is 0 Å². The van der Waals surface area contributed by atoms with E-state index in [4.69, 9.17) is 5.73 Å². The molecule has 0 aliphatic carbocycles. The van der Waals surface area contributed by atoms with Crippen LogP contribution in [0.5, 0.6) is 0 Å². The molecule has 5 heteroatoms. The van der Waals surface area contributed by atoms with Crippen LogP contribution in [-0.4, -0.2) is 9.97 Å². The van der Waals surface area contributed by atoms with E-state index >= 15 is 0 Å². The zero-order valence-corrected chi connectivity index (χ0v) is 8.74. The summed E-state index contributed by atoms with van der Waals surface area (Å²) in [4.78, 5) is 9.30. The molecule has 0 fully saturated rings. The Morgan fingerprint density at radius 1 is 1.50 bits per heavy atom. The lowest BCUT2D eigenvalue weighted by molar-refractivity contribution is 1.28. The fourth-order valence-corrected chi connectivity index (χ4v) is 2.05. The Hall–Kier alpha value is -0.680. The second-order valence-electron chi connectivity index (χ2n) is 2.47. The summed E-state index contributed by atoms with van der Waals surface area (Å²) in [6.07, 6.45) is 0. The molecule has 62 valence electrons. The average Bonchev–Trinajstić information content (AvgIpc) is 2.30. The molecule has 0 amide bonds. The van der Waals surface area contributed by atoms with Gasteiger partial charge >= 0.3 is 0 Å². The number of aromatic nitrogens is 2. The van der Waals surface area contributed by atoms with Crippen molar-refractivity contribution in [2.24, 2.45) is 0 Å². The summed E-state index contributed by atoms with van der Waals surface area (Å²) < 4.78 is 0.860. The van der Waals surface area contributed by atoms with Crippen molar-refractivity contribution in [3.05, 3.63) is 16.2 Å². The maximum atomic E-state index is 5.54. The topological polar surface area (TPSA) is 51.8 Å². The van der Waals surface area contributed by atoms with Crippen LogP contribution in [0.4, 0.5) is 5.13 Å². The van der Waals surface area contributed by atoms with Crippen molar-refractivity contribution in [3.63, 3.8) is 0 Å². The highest BCUT2D eigenvalue weighted by molar-refractivity contribution is 9.10. The van der Waals surface area contributed by atoms with Gasteiger partial charge in [0.05, 0.1) is 0 Å². The average molecular weight is 244 g/mol. The molecule has 0 aliphatic rings. The van der Waals surface area contributed by atoms with Crippen LogP contribution >= 0.6 is 27.3 Å². The minimum absolute atomic E-state index is 0.565. The number of rotatable bonds is 0. The molecule has 2 rings (SSSR count). The summed E-state index contributed by atoms with van der Waals surface area (Å²) in [7, 11) is 0. The Morgan fingerprint density at radius 2 is 2.25 bits per heavy atom. The van der Waals surface area contributed by atoms with Crippen LogP contribution in [0.2, 0.25) is 0 Å². The third-order valence-corrected chi connectivity index (χ3v) is 3.13. The Kier molecular flexibility index (Phi) is 1.77. The van der Waals surface area contributed by atoms with Crippen LogP contribution in [0.25, 0.3) is 10.3 Å². The van der Waals surface area contributed by atoms with E-state index in [2.05, 4.69) is 25.9 Å². The molecule has 12 heavy (non-hydrogen) atoms. The van der Waals surface area contributed by atoms with E-state index in [1.807, 2.05) is 13.0 Å². The number of nitrogens with two attached hydrogens (primary N) is 1. The van der Waals surface area contributed by atoms with Crippen molar-refractivity contribution in [1.29, 1.82) is 0 Å². The second kappa shape index (κ2) is 2.67. The molecule has 0 atom stereocenters. The monoisotopic (exact) mass is 243 g/mol. The first-order valence-electron chi connectivity index (χ1n) is 3.36. The molecular formula is C7H6BrN3S. The third-order valence-electron chi connectivity index (χ3n) is 1.53. The van der Waals surface area contributed by atoms with E-state index in [9.17, 15) is 0 Å². The Bertz CT molecular complexity index is 398. The lowest BCUT2D eigenvalue weighted by Gasteiger charge is -1.94. The van der Waals surface area contributed by atoms with Crippen LogP contribution in [0.3, 0.4) is 0 Å². The molecule has 2 heterocycles. The summed E-state index contributed by atoms with van der Waals surface area (Å²) in [6.45, 7) is 1.98. The summed E-state index contributed by atoms with van der Waals surface area (Å²) >= 11 is 4.75. The number of nitrogens with zero attached hydrogens (tertiary/aromatic N) is 2. The molecule has 0 aromatic carbocycles. The summed E-state index contributed by atoms with van der Waals surface area (Å²) in [5, 5.41) is 0.565. The number of hydrogen-bond acceptors (Lipinski definition) is 4. The van der Waals surface area contributed by atoms with Gasteiger partial charge in [0.2, 0.25) is 0 Å². The summed E-state index contributed by atoms with van der Waals surface area (Å²) in [5.41, 5.74) is 7.49. The van der Waals surface area contributed by atoms with Crippen molar-refractivity contribution in [2.45, 2.75) is 6.92 Å². The molecular weight excluding hydrogens is 238 g/mol. The maximum absolute atomic E-state index is 5.54. The van der Waals surface area contributed by atoms with Crippen LogP contribution in [0.15, 0.2) is 10.7 Å². The van der Waals surface area contributed by atoms with Crippen LogP contribution in [0.1, 0.15) is 5.56 Å². The van der Waals surface area contributed by atoms with Gasteiger partial charge in [-0.05, 0) is 34.5 Å². The van der Waals surface area contributed by atoms with Gasteiger partial charge in [0.1, 0.15) is 15.0 Å². The van der Waals surface area contributed by atoms with Crippen molar-refractivity contribution in [1.82, 2.24) is 9.97 Å². The molecule has 3 nitrogen and oxygen atoms in total. The lowest BCUT2D eigenvalue weighted by Crippen LogP contribution is -1.82. The van der Waals surface area contributed by atoms with Crippen LogP contribution < -0.4 is 5.73 Å². The number of aryl methyl sites for hydroxylation is 1. The highest BCUT2D eigenvalue weighted by Gasteiger charge is 2.04. The van der Waals surface area contributed by atoms with E-state index in [1.54, 1.807) is 0 Å². The SMILES string of the molecule is Cc1cc2nc(N)sc2nc1Br. The van der Waals surface area contributed by atoms with Crippen molar-refractivity contribution in [2.75, 3.05) is 5.73 Å². The van der Waals surface area contributed by atoms with Gasteiger partial charge in [-0.25, -0.2) is 9.97 Å². The number of halogens is 1. The molecule has 0 unspecified atom stereocenters. The number of hydrogen-bond donors (Lipinski definition) is 1.